The number of hydrogen-bond acceptors (Lipinski definition) is 6. The summed E-state index contributed by atoms with van der Waals surface area (Å²) in [7, 11) is -3.85. The smallest absolute Gasteiger partial charge is 0.416 e. The lowest BCUT2D eigenvalue weighted by molar-refractivity contribution is -0.138. The number of aryl methyl sites for hydroxylation is 1. The van der Waals surface area contributed by atoms with Crippen LogP contribution in [0, 0.1) is 0 Å². The molecule has 0 bridgehead atoms. The molecule has 1 aliphatic carbocycles. The Balaban J connectivity index is 1.44. The van der Waals surface area contributed by atoms with E-state index in [1.165, 1.54) is 23.5 Å². The topological polar surface area (TPSA) is 98.5 Å². The highest BCUT2D eigenvalue weighted by molar-refractivity contribution is 7.91. The van der Waals surface area contributed by atoms with Crippen LogP contribution in [0.5, 0.6) is 5.75 Å². The summed E-state index contributed by atoms with van der Waals surface area (Å²) in [6, 6.07) is 11.6. The number of halogens is 4. The normalized spacial score (nSPS) is 15.5. The third-order valence-corrected chi connectivity index (χ3v) is 10.3. The third-order valence-electron chi connectivity index (χ3n) is 7.84. The lowest BCUT2D eigenvalue weighted by Crippen LogP contribution is -2.17. The molecule has 0 aliphatic heterocycles. The summed E-state index contributed by atoms with van der Waals surface area (Å²) in [5.41, 5.74) is 2.26. The van der Waals surface area contributed by atoms with E-state index in [1.54, 1.807) is 18.2 Å². The number of aromatic nitrogens is 2. The quantitative estimate of drug-likeness (QED) is 0.182. The maximum absolute atomic E-state index is 13.4. The molecule has 0 amide bonds. The van der Waals surface area contributed by atoms with Crippen molar-refractivity contribution in [1.29, 1.82) is 0 Å². The molecule has 0 radical (unpaired) electrons. The maximum Gasteiger partial charge on any atom is 0.416 e. The fraction of sp³-hybridized carbons (Fsp3) is 0.290. The summed E-state index contributed by atoms with van der Waals surface area (Å²) in [5.74, 6) is -1.10. The lowest BCUT2D eigenvalue weighted by atomic mass is 9.84. The van der Waals surface area contributed by atoms with E-state index in [2.05, 4.69) is 4.98 Å². The second kappa shape index (κ2) is 11.4. The van der Waals surface area contributed by atoms with Crippen molar-refractivity contribution in [1.82, 2.24) is 9.55 Å². The zero-order chi connectivity index (χ0) is 31.4. The van der Waals surface area contributed by atoms with Gasteiger partial charge in [-0.15, -0.1) is 11.3 Å². The zero-order valence-electron chi connectivity index (χ0n) is 23.3. The Bertz CT molecular complexity index is 2040. The number of carboxylic acids is 1. The van der Waals surface area contributed by atoms with Gasteiger partial charge in [-0.05, 0) is 67.3 Å². The molecule has 5 aromatic rings. The van der Waals surface area contributed by atoms with Crippen molar-refractivity contribution in [2.45, 2.75) is 55.8 Å². The highest BCUT2D eigenvalue weighted by Gasteiger charge is 2.34. The Morgan fingerprint density at radius 1 is 1.18 bits per heavy atom. The predicted octanol–water partition coefficient (Wildman–Crippen LogP) is 7.85. The summed E-state index contributed by atoms with van der Waals surface area (Å²) >= 11 is 7.65. The van der Waals surface area contributed by atoms with Crippen LogP contribution in [0.2, 0.25) is 5.02 Å². The second-order valence-electron chi connectivity index (χ2n) is 10.9. The summed E-state index contributed by atoms with van der Waals surface area (Å²) < 4.78 is 74.2. The number of ether oxygens (including phenoxy) is 1. The first-order valence-corrected chi connectivity index (χ1v) is 16.9. The van der Waals surface area contributed by atoms with Crippen LogP contribution in [-0.4, -0.2) is 35.3 Å². The minimum atomic E-state index is -4.47. The van der Waals surface area contributed by atoms with E-state index in [4.69, 9.17) is 16.3 Å². The highest BCUT2D eigenvalue weighted by atomic mass is 35.5. The third kappa shape index (κ3) is 5.90. The lowest BCUT2D eigenvalue weighted by Gasteiger charge is -2.24. The van der Waals surface area contributed by atoms with Crippen LogP contribution in [0.1, 0.15) is 52.6 Å². The van der Waals surface area contributed by atoms with Crippen LogP contribution in [0.25, 0.3) is 21.8 Å². The van der Waals surface area contributed by atoms with E-state index in [0.29, 0.717) is 58.3 Å². The largest absolute Gasteiger partial charge is 0.486 e. The fourth-order valence-corrected chi connectivity index (χ4v) is 8.25. The molecule has 1 aliphatic rings. The van der Waals surface area contributed by atoms with E-state index in [9.17, 15) is 31.5 Å². The molecule has 6 rings (SSSR count). The van der Waals surface area contributed by atoms with Gasteiger partial charge < -0.3 is 14.4 Å². The Kier molecular flexibility index (Phi) is 7.87. The molecule has 0 fully saturated rings. The van der Waals surface area contributed by atoms with Crippen LogP contribution >= 0.6 is 22.9 Å². The number of sulfone groups is 1. The predicted molar refractivity (Wildman–Crippen MR) is 162 cm³/mol. The minimum absolute atomic E-state index is 0.0146. The van der Waals surface area contributed by atoms with Crippen LogP contribution in [0.4, 0.5) is 13.2 Å². The van der Waals surface area contributed by atoms with Gasteiger partial charge in [0.15, 0.2) is 9.84 Å². The van der Waals surface area contributed by atoms with Crippen molar-refractivity contribution < 1.29 is 36.2 Å². The van der Waals surface area contributed by atoms with Gasteiger partial charge in [-0.3, -0.25) is 4.79 Å². The molecule has 13 heteroatoms. The van der Waals surface area contributed by atoms with E-state index in [0.717, 1.165) is 34.5 Å². The summed E-state index contributed by atoms with van der Waals surface area (Å²) in [4.78, 5) is 17.2. The Labute approximate surface area is 259 Å². The molecule has 230 valence electrons. The zero-order valence-corrected chi connectivity index (χ0v) is 25.7. The van der Waals surface area contributed by atoms with E-state index < -0.39 is 27.5 Å². The Morgan fingerprint density at radius 3 is 2.66 bits per heavy atom. The van der Waals surface area contributed by atoms with Gasteiger partial charge in [-0.25, -0.2) is 13.4 Å². The van der Waals surface area contributed by atoms with Gasteiger partial charge in [0.1, 0.15) is 17.3 Å². The first-order chi connectivity index (χ1) is 20.8. The van der Waals surface area contributed by atoms with E-state index >= 15 is 0 Å². The standard InChI is InChI=1S/C31H26ClF3N2O5S2/c1-44(40,41)30-26(42-15-21-7-5-17-11-19(31(33,34)35)6-8-24(17)36-21)10-9-25-28(30)23-4-2-3-18(12-27(38)39)29(23)37(25)14-22-13-20(32)16-43-22/h5-11,13,16,18H,2-4,12,14-15H2,1H3,(H,38,39). The molecule has 0 spiro atoms. The first-order valence-electron chi connectivity index (χ1n) is 13.7. The SMILES string of the molecule is CS(=O)(=O)c1c(OCc2ccc3cc(C(F)(F)F)ccc3n2)ccc2c1c1c(n2Cc2cc(Cl)cs2)C(CC(=O)O)CCC1. The van der Waals surface area contributed by atoms with Crippen molar-refractivity contribution in [3.8, 4) is 5.75 Å². The average molecular weight is 663 g/mol. The number of alkyl halides is 3. The number of hydrogen-bond donors (Lipinski definition) is 1. The molecule has 0 saturated heterocycles. The molecule has 0 saturated carbocycles. The number of thiophene rings is 1. The molecular weight excluding hydrogens is 637 g/mol. The molecule has 1 unspecified atom stereocenters. The van der Waals surface area contributed by atoms with Crippen molar-refractivity contribution in [3.05, 3.63) is 86.3 Å². The van der Waals surface area contributed by atoms with E-state index in [-0.39, 0.29) is 29.6 Å². The number of nitrogens with zero attached hydrogens (tertiary/aromatic N) is 2. The Morgan fingerprint density at radius 2 is 1.98 bits per heavy atom. The van der Waals surface area contributed by atoms with Gasteiger partial charge in [0.05, 0.1) is 40.3 Å². The molecule has 7 nitrogen and oxygen atoms in total. The molecule has 44 heavy (non-hydrogen) atoms. The van der Waals surface area contributed by atoms with Gasteiger partial charge in [0.25, 0.3) is 0 Å². The molecular formula is C31H26ClF3N2O5S2. The molecule has 2 aromatic carbocycles. The fourth-order valence-electron chi connectivity index (χ4n) is 6.10. The maximum atomic E-state index is 13.4. The van der Waals surface area contributed by atoms with Crippen LogP contribution in [-0.2, 0) is 40.4 Å². The minimum Gasteiger partial charge on any atom is -0.486 e. The van der Waals surface area contributed by atoms with Crippen molar-refractivity contribution in [2.75, 3.05) is 6.26 Å². The van der Waals surface area contributed by atoms with Crippen LogP contribution in [0.3, 0.4) is 0 Å². The van der Waals surface area contributed by atoms with Gasteiger partial charge in [0.2, 0.25) is 0 Å². The number of rotatable bonds is 8. The highest BCUT2D eigenvalue weighted by Crippen LogP contribution is 2.45. The average Bonchev–Trinajstić information content (AvgIpc) is 3.51. The molecule has 1 N–H and O–H groups in total. The summed E-state index contributed by atoms with van der Waals surface area (Å²) in [6.45, 7) is 0.281. The van der Waals surface area contributed by atoms with Crippen LogP contribution < -0.4 is 4.74 Å². The van der Waals surface area contributed by atoms with Gasteiger partial charge in [-0.1, -0.05) is 17.7 Å². The molecule has 1 atom stereocenters. The summed E-state index contributed by atoms with van der Waals surface area (Å²) in [6.07, 6.45) is -1.49. The van der Waals surface area contributed by atoms with Crippen molar-refractivity contribution in [3.63, 3.8) is 0 Å². The van der Waals surface area contributed by atoms with Gasteiger partial charge >= 0.3 is 12.1 Å². The molecule has 3 heterocycles. The number of aliphatic carboxylic acids is 1. The number of carboxylic acid groups (broad SMARTS) is 1. The number of pyridine rings is 1. The van der Waals surface area contributed by atoms with E-state index in [1.807, 2.05) is 16.0 Å². The molecule has 3 aromatic heterocycles. The van der Waals surface area contributed by atoms with Crippen molar-refractivity contribution >= 4 is 60.6 Å². The number of carbonyl (C=O) groups is 1. The van der Waals surface area contributed by atoms with Crippen molar-refractivity contribution in [2.24, 2.45) is 0 Å². The number of benzene rings is 2. The number of fused-ring (bicyclic) bond motifs is 4. The van der Waals surface area contributed by atoms with Crippen LogP contribution in [0.15, 0.2) is 58.8 Å². The summed E-state index contributed by atoms with van der Waals surface area (Å²) in [5, 5.41) is 12.9. The first kappa shape index (κ1) is 30.4. The van der Waals surface area contributed by atoms with Gasteiger partial charge in [0, 0.05) is 38.9 Å². The monoisotopic (exact) mass is 662 g/mol. The second-order valence-corrected chi connectivity index (χ2v) is 14.3. The Hall–Kier alpha value is -3.61. The van der Waals surface area contributed by atoms with Gasteiger partial charge in [-0.2, -0.15) is 13.2 Å².